The van der Waals surface area contributed by atoms with Gasteiger partial charge >= 0.3 is 0 Å². The van der Waals surface area contributed by atoms with Crippen LogP contribution in [0.25, 0.3) is 0 Å². The highest BCUT2D eigenvalue weighted by molar-refractivity contribution is 7.99. The first-order chi connectivity index (χ1) is 10.7. The molecule has 0 radical (unpaired) electrons. The zero-order chi connectivity index (χ0) is 16.2. The Bertz CT molecular complexity index is 471. The monoisotopic (exact) mass is 320 g/mol. The molecular formula is C17H24N2O2S. The molecule has 0 aliphatic rings. The van der Waals surface area contributed by atoms with Crippen LogP contribution in [-0.2, 0) is 0 Å². The maximum Gasteiger partial charge on any atom is 0.119 e. The normalized spacial score (nSPS) is 11.9. The standard InChI is InChI=1S/C17H24N2O2S/c1-3-10-22-11-4-9-19(2)13-16(20)14-21-17-7-5-15(12-18)6-8-17/h3,5-8,16,20H,1,4,9-11,13-14H2,2H3. The van der Waals surface area contributed by atoms with Crippen LogP contribution >= 0.6 is 11.8 Å². The van der Waals surface area contributed by atoms with Gasteiger partial charge in [-0.2, -0.15) is 17.0 Å². The van der Waals surface area contributed by atoms with E-state index in [1.807, 2.05) is 24.9 Å². The summed E-state index contributed by atoms with van der Waals surface area (Å²) in [6.45, 7) is 5.49. The molecule has 0 aromatic heterocycles. The van der Waals surface area contributed by atoms with Gasteiger partial charge in [0.15, 0.2) is 0 Å². The van der Waals surface area contributed by atoms with Crippen molar-refractivity contribution in [3.05, 3.63) is 42.5 Å². The van der Waals surface area contributed by atoms with Gasteiger partial charge in [0.2, 0.25) is 0 Å². The largest absolute Gasteiger partial charge is 0.491 e. The van der Waals surface area contributed by atoms with E-state index >= 15 is 0 Å². The van der Waals surface area contributed by atoms with Crippen LogP contribution in [0.1, 0.15) is 12.0 Å². The van der Waals surface area contributed by atoms with Gasteiger partial charge in [-0.1, -0.05) is 6.08 Å². The van der Waals surface area contributed by atoms with E-state index in [4.69, 9.17) is 10.00 Å². The number of rotatable bonds is 11. The highest BCUT2D eigenvalue weighted by Gasteiger charge is 2.09. The van der Waals surface area contributed by atoms with E-state index in [0.29, 0.717) is 17.9 Å². The topological polar surface area (TPSA) is 56.5 Å². The van der Waals surface area contributed by atoms with Gasteiger partial charge in [-0.25, -0.2) is 0 Å². The number of likely N-dealkylation sites (N-methyl/N-ethyl adjacent to an activating group) is 1. The molecule has 120 valence electrons. The zero-order valence-corrected chi connectivity index (χ0v) is 13.9. The molecule has 0 aliphatic heterocycles. The number of benzene rings is 1. The molecule has 1 aromatic rings. The highest BCUT2D eigenvalue weighted by atomic mass is 32.2. The second-order valence-electron chi connectivity index (χ2n) is 5.08. The Morgan fingerprint density at radius 3 is 2.82 bits per heavy atom. The van der Waals surface area contributed by atoms with Gasteiger partial charge in [-0.05, 0) is 50.0 Å². The van der Waals surface area contributed by atoms with Crippen LogP contribution in [0.4, 0.5) is 0 Å². The molecule has 0 fully saturated rings. The lowest BCUT2D eigenvalue weighted by molar-refractivity contribution is 0.0765. The molecule has 1 N–H and O–H groups in total. The maximum atomic E-state index is 9.98. The molecule has 0 saturated carbocycles. The van der Waals surface area contributed by atoms with E-state index in [1.54, 1.807) is 24.3 Å². The Kier molecular flexibility index (Phi) is 9.40. The van der Waals surface area contributed by atoms with E-state index < -0.39 is 6.10 Å². The van der Waals surface area contributed by atoms with Gasteiger partial charge in [0.25, 0.3) is 0 Å². The molecule has 0 bridgehead atoms. The SMILES string of the molecule is C=CCSCCCN(C)CC(O)COc1ccc(C#N)cc1. The van der Waals surface area contributed by atoms with Gasteiger partial charge in [0.05, 0.1) is 11.6 Å². The lowest BCUT2D eigenvalue weighted by Gasteiger charge is -2.20. The predicted molar refractivity (Wildman–Crippen MR) is 92.3 cm³/mol. The summed E-state index contributed by atoms with van der Waals surface area (Å²) < 4.78 is 5.52. The third kappa shape index (κ3) is 8.08. The smallest absolute Gasteiger partial charge is 0.119 e. The van der Waals surface area contributed by atoms with E-state index in [1.165, 1.54) is 0 Å². The Morgan fingerprint density at radius 2 is 2.18 bits per heavy atom. The first-order valence-electron chi connectivity index (χ1n) is 7.34. The van der Waals surface area contributed by atoms with Crippen LogP contribution in [0.15, 0.2) is 36.9 Å². The van der Waals surface area contributed by atoms with E-state index in [-0.39, 0.29) is 6.61 Å². The number of ether oxygens (including phenoxy) is 1. The minimum Gasteiger partial charge on any atom is -0.491 e. The quantitative estimate of drug-likeness (QED) is 0.501. The Morgan fingerprint density at radius 1 is 1.45 bits per heavy atom. The summed E-state index contributed by atoms with van der Waals surface area (Å²) in [7, 11) is 2.00. The number of thioether (sulfide) groups is 1. The summed E-state index contributed by atoms with van der Waals surface area (Å²) in [4.78, 5) is 2.11. The second-order valence-corrected chi connectivity index (χ2v) is 6.23. The van der Waals surface area contributed by atoms with Crippen LogP contribution in [0, 0.1) is 11.3 Å². The average molecular weight is 320 g/mol. The van der Waals surface area contributed by atoms with Crippen molar-refractivity contribution in [3.8, 4) is 11.8 Å². The van der Waals surface area contributed by atoms with Gasteiger partial charge in [0, 0.05) is 12.3 Å². The van der Waals surface area contributed by atoms with Crippen molar-refractivity contribution in [2.75, 3.05) is 38.2 Å². The summed E-state index contributed by atoms with van der Waals surface area (Å²) in [5.41, 5.74) is 0.599. The molecule has 1 atom stereocenters. The lowest BCUT2D eigenvalue weighted by Crippen LogP contribution is -2.33. The predicted octanol–water partition coefficient (Wildman–Crippen LogP) is 2.54. The van der Waals surface area contributed by atoms with E-state index in [2.05, 4.69) is 17.5 Å². The van der Waals surface area contributed by atoms with Crippen molar-refractivity contribution < 1.29 is 9.84 Å². The Labute approximate surface area is 137 Å². The maximum absolute atomic E-state index is 9.98. The molecule has 4 nitrogen and oxygen atoms in total. The number of aliphatic hydroxyl groups excluding tert-OH is 1. The second kappa shape index (κ2) is 11.1. The van der Waals surface area contributed by atoms with Crippen molar-refractivity contribution in [2.24, 2.45) is 0 Å². The van der Waals surface area contributed by atoms with Gasteiger partial charge in [-0.3, -0.25) is 0 Å². The zero-order valence-electron chi connectivity index (χ0n) is 13.1. The van der Waals surface area contributed by atoms with Crippen LogP contribution in [0.5, 0.6) is 5.75 Å². The molecule has 0 spiro atoms. The van der Waals surface area contributed by atoms with Crippen molar-refractivity contribution >= 4 is 11.8 Å². The summed E-state index contributed by atoms with van der Waals surface area (Å²) in [6, 6.07) is 8.95. The molecule has 1 unspecified atom stereocenters. The third-order valence-electron chi connectivity index (χ3n) is 3.01. The molecule has 0 saturated heterocycles. The van der Waals surface area contributed by atoms with Crippen LogP contribution in [-0.4, -0.2) is 54.4 Å². The van der Waals surface area contributed by atoms with Gasteiger partial charge in [-0.15, -0.1) is 6.58 Å². The van der Waals surface area contributed by atoms with Crippen LogP contribution < -0.4 is 4.74 Å². The van der Waals surface area contributed by atoms with Crippen molar-refractivity contribution in [1.29, 1.82) is 5.26 Å². The van der Waals surface area contributed by atoms with E-state index in [0.717, 1.165) is 24.5 Å². The minimum absolute atomic E-state index is 0.251. The van der Waals surface area contributed by atoms with Crippen molar-refractivity contribution in [1.82, 2.24) is 4.90 Å². The minimum atomic E-state index is -0.526. The molecule has 0 aliphatic carbocycles. The molecule has 0 heterocycles. The Hall–Kier alpha value is -1.48. The van der Waals surface area contributed by atoms with Gasteiger partial charge in [0.1, 0.15) is 18.5 Å². The number of hydrogen-bond acceptors (Lipinski definition) is 5. The molecule has 0 amide bonds. The van der Waals surface area contributed by atoms with Crippen LogP contribution in [0.2, 0.25) is 0 Å². The third-order valence-corrected chi connectivity index (χ3v) is 4.06. The number of nitriles is 1. The number of hydrogen-bond donors (Lipinski definition) is 1. The van der Waals surface area contributed by atoms with E-state index in [9.17, 15) is 5.11 Å². The number of aliphatic hydroxyl groups is 1. The molecule has 22 heavy (non-hydrogen) atoms. The average Bonchev–Trinajstić information content (AvgIpc) is 2.53. The fourth-order valence-corrected chi connectivity index (χ4v) is 2.59. The first kappa shape index (κ1) is 18.6. The Balaban J connectivity index is 2.17. The summed E-state index contributed by atoms with van der Waals surface area (Å²) in [5.74, 6) is 2.76. The first-order valence-corrected chi connectivity index (χ1v) is 8.49. The number of nitrogens with zero attached hydrogens (tertiary/aromatic N) is 2. The van der Waals surface area contributed by atoms with Gasteiger partial charge < -0.3 is 14.7 Å². The lowest BCUT2D eigenvalue weighted by atomic mass is 10.2. The van der Waals surface area contributed by atoms with Crippen molar-refractivity contribution in [3.63, 3.8) is 0 Å². The van der Waals surface area contributed by atoms with Crippen molar-refractivity contribution in [2.45, 2.75) is 12.5 Å². The van der Waals surface area contributed by atoms with Crippen LogP contribution in [0.3, 0.4) is 0 Å². The molecular weight excluding hydrogens is 296 g/mol. The fourth-order valence-electron chi connectivity index (χ4n) is 1.93. The summed E-state index contributed by atoms with van der Waals surface area (Å²) in [5, 5.41) is 18.7. The molecule has 1 aromatic carbocycles. The summed E-state index contributed by atoms with van der Waals surface area (Å²) in [6.07, 6.45) is 2.48. The highest BCUT2D eigenvalue weighted by Crippen LogP contribution is 2.12. The molecule has 1 rings (SSSR count). The molecule has 5 heteroatoms. The summed E-state index contributed by atoms with van der Waals surface area (Å²) >= 11 is 1.87. The fraction of sp³-hybridized carbons (Fsp3) is 0.471.